The van der Waals surface area contributed by atoms with Gasteiger partial charge >= 0.3 is 5.97 Å². The maximum absolute atomic E-state index is 12.3. The fourth-order valence-corrected chi connectivity index (χ4v) is 5.60. The first-order valence-corrected chi connectivity index (χ1v) is 11.7. The zero-order valence-corrected chi connectivity index (χ0v) is 16.6. The van der Waals surface area contributed by atoms with Gasteiger partial charge in [0, 0.05) is 12.0 Å². The summed E-state index contributed by atoms with van der Waals surface area (Å²) < 4.78 is 11.7. The molecule has 0 unspecified atom stereocenters. The third-order valence-corrected chi connectivity index (χ3v) is 11.0. The van der Waals surface area contributed by atoms with Gasteiger partial charge in [0.2, 0.25) is 0 Å². The van der Waals surface area contributed by atoms with Gasteiger partial charge in [0.15, 0.2) is 8.32 Å². The Bertz CT molecular complexity index is 480. The number of esters is 1. The fourth-order valence-electron chi connectivity index (χ4n) is 4.22. The number of carbonyl (C=O) groups is 2. The minimum Gasteiger partial charge on any atom is -0.469 e. The molecule has 0 N–H and O–H groups in total. The van der Waals surface area contributed by atoms with Gasteiger partial charge in [-0.3, -0.25) is 9.59 Å². The Morgan fingerprint density at radius 1 is 1.09 bits per heavy atom. The quantitative estimate of drug-likeness (QED) is 0.577. The van der Waals surface area contributed by atoms with Crippen LogP contribution in [0.3, 0.4) is 0 Å². The summed E-state index contributed by atoms with van der Waals surface area (Å²) in [7, 11) is -0.449. The molecule has 0 bridgehead atoms. The molecule has 0 radical (unpaired) electrons. The summed E-state index contributed by atoms with van der Waals surface area (Å²) in [6.07, 6.45) is 2.67. The Labute approximate surface area is 141 Å². The monoisotopic (exact) mass is 340 g/mol. The molecular formula is C18H32O4Si. The molecule has 0 aromatic carbocycles. The van der Waals surface area contributed by atoms with E-state index in [2.05, 4.69) is 33.9 Å². The van der Waals surface area contributed by atoms with Gasteiger partial charge in [-0.15, -0.1) is 0 Å². The van der Waals surface area contributed by atoms with Gasteiger partial charge in [-0.25, -0.2) is 0 Å². The molecule has 2 aliphatic rings. The Balaban J connectivity index is 2.24. The molecule has 2 fully saturated rings. The molecule has 0 aliphatic heterocycles. The predicted octanol–water partition coefficient (Wildman–Crippen LogP) is 3.80. The molecule has 0 saturated heterocycles. The van der Waals surface area contributed by atoms with Crippen molar-refractivity contribution >= 4 is 20.1 Å². The number of fused-ring (bicyclic) bond motifs is 1. The first-order chi connectivity index (χ1) is 10.5. The van der Waals surface area contributed by atoms with Crippen molar-refractivity contribution in [3.8, 4) is 0 Å². The number of methoxy groups -OCH3 is 1. The molecule has 2 aliphatic carbocycles. The second kappa shape index (κ2) is 6.32. The van der Waals surface area contributed by atoms with Crippen molar-refractivity contribution in [3.05, 3.63) is 0 Å². The van der Waals surface area contributed by atoms with Crippen LogP contribution in [0, 0.1) is 23.7 Å². The van der Waals surface area contributed by atoms with Gasteiger partial charge in [-0.2, -0.15) is 0 Å². The zero-order valence-electron chi connectivity index (χ0n) is 15.6. The fraction of sp³-hybridized carbons (Fsp3) is 0.889. The predicted molar refractivity (Wildman–Crippen MR) is 92.6 cm³/mol. The van der Waals surface area contributed by atoms with E-state index in [9.17, 15) is 9.59 Å². The Morgan fingerprint density at radius 2 is 1.70 bits per heavy atom. The highest BCUT2D eigenvalue weighted by Crippen LogP contribution is 2.54. The highest BCUT2D eigenvalue weighted by molar-refractivity contribution is 6.74. The molecule has 2 rings (SSSR count). The van der Waals surface area contributed by atoms with E-state index < -0.39 is 8.32 Å². The van der Waals surface area contributed by atoms with E-state index in [1.165, 1.54) is 7.11 Å². The number of hydrogen-bond acceptors (Lipinski definition) is 4. The standard InChI is InChI=1S/C18H32O4Si/c1-11(19)12-8-9-13-15(22-23(6,7)18(2,3)4)10-14(16(12)13)17(20)21-5/h12-16H,8-10H2,1-7H3/t12-,13-,14+,15+,16-/m0/s1. The maximum atomic E-state index is 12.3. The van der Waals surface area contributed by atoms with Crippen LogP contribution in [-0.2, 0) is 18.8 Å². The van der Waals surface area contributed by atoms with E-state index in [1.807, 2.05) is 0 Å². The lowest BCUT2D eigenvalue weighted by Gasteiger charge is -2.39. The van der Waals surface area contributed by atoms with Crippen LogP contribution in [0.15, 0.2) is 0 Å². The number of ether oxygens (including phenoxy) is 1. The van der Waals surface area contributed by atoms with Crippen LogP contribution in [0.1, 0.15) is 47.0 Å². The average Bonchev–Trinajstić information content (AvgIpc) is 2.97. The van der Waals surface area contributed by atoms with Crippen LogP contribution in [-0.4, -0.2) is 33.3 Å². The molecule has 0 aromatic rings. The lowest BCUT2D eigenvalue weighted by atomic mass is 9.82. The molecule has 0 spiro atoms. The number of Topliss-reactive ketones (excluding diaryl/α,β-unsaturated/α-hetero) is 1. The van der Waals surface area contributed by atoms with Crippen molar-refractivity contribution in [3.63, 3.8) is 0 Å². The minimum atomic E-state index is -1.89. The second-order valence-electron chi connectivity index (χ2n) is 8.82. The van der Waals surface area contributed by atoms with Crippen molar-refractivity contribution in [2.75, 3.05) is 7.11 Å². The third-order valence-electron chi connectivity index (χ3n) is 6.48. The molecular weight excluding hydrogens is 308 g/mol. The van der Waals surface area contributed by atoms with E-state index in [0.29, 0.717) is 12.3 Å². The van der Waals surface area contributed by atoms with E-state index in [-0.39, 0.29) is 40.6 Å². The number of carbonyl (C=O) groups excluding carboxylic acids is 2. The molecule has 0 amide bonds. The molecule has 5 atom stereocenters. The first-order valence-electron chi connectivity index (χ1n) is 8.75. The van der Waals surface area contributed by atoms with Gasteiger partial charge in [0.05, 0.1) is 13.0 Å². The summed E-state index contributed by atoms with van der Waals surface area (Å²) in [5.74, 6) is 0.277. The summed E-state index contributed by atoms with van der Waals surface area (Å²) >= 11 is 0. The number of ketones is 1. The average molecular weight is 341 g/mol. The van der Waals surface area contributed by atoms with E-state index in [4.69, 9.17) is 9.16 Å². The lowest BCUT2D eigenvalue weighted by Crippen LogP contribution is -2.45. The SMILES string of the molecule is COC(=O)[C@@H]1C[C@@H](O[Si](C)(C)C(C)(C)C)[C@@H]2CC[C@@H](C(C)=O)[C@@H]21. The number of rotatable bonds is 4. The van der Waals surface area contributed by atoms with Crippen LogP contribution >= 0.6 is 0 Å². The van der Waals surface area contributed by atoms with Crippen LogP contribution in [0.5, 0.6) is 0 Å². The van der Waals surface area contributed by atoms with Gasteiger partial charge in [-0.1, -0.05) is 20.8 Å². The molecule has 5 heteroatoms. The smallest absolute Gasteiger partial charge is 0.309 e. The van der Waals surface area contributed by atoms with Crippen molar-refractivity contribution in [2.24, 2.45) is 23.7 Å². The Hall–Kier alpha value is -0.683. The molecule has 4 nitrogen and oxygen atoms in total. The molecule has 2 saturated carbocycles. The van der Waals surface area contributed by atoms with E-state index >= 15 is 0 Å². The zero-order chi connectivity index (χ0) is 17.6. The maximum Gasteiger partial charge on any atom is 0.309 e. The minimum absolute atomic E-state index is 0.00267. The summed E-state index contributed by atoms with van der Waals surface area (Å²) in [6.45, 7) is 12.9. The van der Waals surface area contributed by atoms with Crippen molar-refractivity contribution in [2.45, 2.75) is 71.2 Å². The highest BCUT2D eigenvalue weighted by Gasteiger charge is 2.56. The molecule has 132 valence electrons. The van der Waals surface area contributed by atoms with E-state index in [0.717, 1.165) is 12.8 Å². The number of hydrogen-bond donors (Lipinski definition) is 0. The molecule has 0 aromatic heterocycles. The van der Waals surface area contributed by atoms with Gasteiger partial charge in [-0.05, 0) is 56.2 Å². The van der Waals surface area contributed by atoms with Crippen molar-refractivity contribution in [1.29, 1.82) is 0 Å². The topological polar surface area (TPSA) is 52.6 Å². The van der Waals surface area contributed by atoms with Crippen LogP contribution in [0.2, 0.25) is 18.1 Å². The second-order valence-corrected chi connectivity index (χ2v) is 13.6. The summed E-state index contributed by atoms with van der Waals surface area (Å²) in [5.41, 5.74) is 0. The normalized spacial score (nSPS) is 34.3. The van der Waals surface area contributed by atoms with Gasteiger partial charge in [0.25, 0.3) is 0 Å². The van der Waals surface area contributed by atoms with Crippen LogP contribution in [0.4, 0.5) is 0 Å². The van der Waals surface area contributed by atoms with E-state index in [1.54, 1.807) is 6.92 Å². The van der Waals surface area contributed by atoms with Crippen LogP contribution < -0.4 is 0 Å². The third kappa shape index (κ3) is 3.41. The Kier molecular flexibility index (Phi) is 5.12. The first kappa shape index (κ1) is 18.7. The Morgan fingerprint density at radius 3 is 2.17 bits per heavy atom. The highest BCUT2D eigenvalue weighted by atomic mass is 28.4. The van der Waals surface area contributed by atoms with Gasteiger partial charge in [0.1, 0.15) is 5.78 Å². The molecule has 23 heavy (non-hydrogen) atoms. The lowest BCUT2D eigenvalue weighted by molar-refractivity contribution is -0.147. The van der Waals surface area contributed by atoms with Crippen molar-refractivity contribution < 1.29 is 18.8 Å². The van der Waals surface area contributed by atoms with Gasteiger partial charge < -0.3 is 9.16 Å². The van der Waals surface area contributed by atoms with Crippen molar-refractivity contribution in [1.82, 2.24) is 0 Å². The largest absolute Gasteiger partial charge is 0.469 e. The molecule has 0 heterocycles. The van der Waals surface area contributed by atoms with Crippen LogP contribution in [0.25, 0.3) is 0 Å². The summed E-state index contributed by atoms with van der Waals surface area (Å²) in [6, 6.07) is 0. The summed E-state index contributed by atoms with van der Waals surface area (Å²) in [5, 5.41) is 0.143. The summed E-state index contributed by atoms with van der Waals surface area (Å²) in [4.78, 5) is 24.3.